The van der Waals surface area contributed by atoms with Gasteiger partial charge in [-0.2, -0.15) is 8.42 Å². The van der Waals surface area contributed by atoms with E-state index >= 15 is 0 Å². The molecule has 13 nitrogen and oxygen atoms in total. The third kappa shape index (κ3) is 22.5. The minimum Gasteiger partial charge on any atom is -0.394 e. The van der Waals surface area contributed by atoms with Crippen LogP contribution in [0.2, 0.25) is 0 Å². The van der Waals surface area contributed by atoms with Crippen molar-refractivity contribution in [3.8, 4) is 0 Å². The lowest BCUT2D eigenvalue weighted by molar-refractivity contribution is -0.298. The van der Waals surface area contributed by atoms with Gasteiger partial charge in [-0.15, -0.1) is 0 Å². The molecule has 52 heavy (non-hydrogen) atoms. The van der Waals surface area contributed by atoms with Gasteiger partial charge in [0.1, 0.15) is 30.5 Å². The molecule has 0 bridgehead atoms. The number of carbonyl (C=O) groups excluding carboxylic acids is 1. The molecule has 1 fully saturated rings. The van der Waals surface area contributed by atoms with Crippen LogP contribution in [0.15, 0.2) is 36.5 Å². The van der Waals surface area contributed by atoms with Gasteiger partial charge in [0, 0.05) is 0 Å². The van der Waals surface area contributed by atoms with Crippen molar-refractivity contribution in [1.29, 1.82) is 0 Å². The molecular formula is C38H69NO12S. The molecule has 0 aromatic heterocycles. The zero-order valence-electron chi connectivity index (χ0n) is 31.5. The van der Waals surface area contributed by atoms with E-state index in [-0.39, 0.29) is 6.42 Å². The van der Waals surface area contributed by atoms with E-state index in [0.29, 0.717) is 12.8 Å². The Hall–Kier alpha value is -1.72. The molecule has 0 radical (unpaired) electrons. The predicted molar refractivity (Wildman–Crippen MR) is 201 cm³/mol. The number of allylic oxidation sites excluding steroid dienone is 5. The van der Waals surface area contributed by atoms with Gasteiger partial charge in [0.25, 0.3) is 0 Å². The first kappa shape index (κ1) is 48.3. The van der Waals surface area contributed by atoms with Crippen molar-refractivity contribution in [3.05, 3.63) is 36.5 Å². The quantitative estimate of drug-likeness (QED) is 0.0284. The summed E-state index contributed by atoms with van der Waals surface area (Å²) in [5.74, 6) is -0.723. The zero-order chi connectivity index (χ0) is 38.6. The number of carbonyl (C=O) groups is 1. The highest BCUT2D eigenvalue weighted by Gasteiger charge is 2.48. The van der Waals surface area contributed by atoms with E-state index in [1.807, 2.05) is 0 Å². The monoisotopic (exact) mass is 763 g/mol. The van der Waals surface area contributed by atoms with Crippen molar-refractivity contribution in [2.45, 2.75) is 185 Å². The summed E-state index contributed by atoms with van der Waals surface area (Å²) in [5.41, 5.74) is 0. The van der Waals surface area contributed by atoms with Crippen molar-refractivity contribution in [1.82, 2.24) is 5.32 Å². The van der Waals surface area contributed by atoms with Gasteiger partial charge >= 0.3 is 10.4 Å². The molecule has 0 aliphatic carbocycles. The fourth-order valence-electron chi connectivity index (χ4n) is 5.84. The molecular weight excluding hydrogens is 694 g/mol. The molecule has 1 rings (SSSR count). The molecule has 0 spiro atoms. The maximum Gasteiger partial charge on any atom is 0.397 e. The van der Waals surface area contributed by atoms with E-state index in [0.717, 1.165) is 51.4 Å². The minimum atomic E-state index is -5.12. The van der Waals surface area contributed by atoms with Crippen molar-refractivity contribution >= 4 is 16.3 Å². The van der Waals surface area contributed by atoms with Crippen LogP contribution in [0, 0.1) is 0 Å². The van der Waals surface area contributed by atoms with Gasteiger partial charge in [0.2, 0.25) is 5.91 Å². The highest BCUT2D eigenvalue weighted by atomic mass is 32.3. The Labute approximate surface area is 312 Å². The van der Waals surface area contributed by atoms with Crippen LogP contribution in [-0.4, -0.2) is 107 Å². The van der Waals surface area contributed by atoms with Crippen molar-refractivity contribution < 1.29 is 57.0 Å². The second-order valence-corrected chi connectivity index (χ2v) is 14.7. The largest absolute Gasteiger partial charge is 0.397 e. The molecule has 0 aromatic rings. The summed E-state index contributed by atoms with van der Waals surface area (Å²) in [6.45, 7) is 3.09. The van der Waals surface area contributed by atoms with Crippen LogP contribution in [0.1, 0.15) is 136 Å². The summed E-state index contributed by atoms with van der Waals surface area (Å²) >= 11 is 0. The van der Waals surface area contributed by atoms with Crippen molar-refractivity contribution in [3.63, 3.8) is 0 Å². The Bertz CT molecular complexity index is 1100. The first-order valence-electron chi connectivity index (χ1n) is 19.5. The van der Waals surface area contributed by atoms with E-state index in [9.17, 15) is 38.7 Å². The molecule has 0 aromatic carbocycles. The predicted octanol–water partition coefficient (Wildman–Crippen LogP) is 4.96. The first-order chi connectivity index (χ1) is 24.9. The minimum absolute atomic E-state index is 0.233. The number of aliphatic hydroxyl groups excluding tert-OH is 5. The van der Waals surface area contributed by atoms with Gasteiger partial charge in [-0.1, -0.05) is 127 Å². The molecule has 1 aliphatic rings. The lowest BCUT2D eigenvalue weighted by Crippen LogP contribution is -2.61. The molecule has 7 N–H and O–H groups in total. The topological polar surface area (TPSA) is 212 Å². The summed E-state index contributed by atoms with van der Waals surface area (Å²) in [7, 11) is -5.12. The van der Waals surface area contributed by atoms with Gasteiger partial charge in [-0.05, 0) is 44.9 Å². The SMILES string of the molecule is CCCCCCC/C=C/CC/C=C/CC/C=C/C(O)C(COC1OC(CO)C(O)C(OS(=O)(=O)O)C1O)NC(=O)C(O)CCCCCCCCCC. The molecule has 1 aliphatic heterocycles. The lowest BCUT2D eigenvalue weighted by Gasteiger charge is -2.41. The van der Waals surface area contributed by atoms with Crippen LogP contribution in [0.5, 0.6) is 0 Å². The van der Waals surface area contributed by atoms with Crippen molar-refractivity contribution in [2.75, 3.05) is 13.2 Å². The third-order valence-corrected chi connectivity index (χ3v) is 9.47. The Balaban J connectivity index is 2.75. The van der Waals surface area contributed by atoms with Crippen LogP contribution < -0.4 is 5.32 Å². The van der Waals surface area contributed by atoms with E-state index in [1.54, 1.807) is 6.08 Å². The zero-order valence-corrected chi connectivity index (χ0v) is 32.3. The Morgan fingerprint density at radius 2 is 1.29 bits per heavy atom. The average molecular weight is 764 g/mol. The number of nitrogens with one attached hydrogen (secondary N) is 1. The van der Waals surface area contributed by atoms with Crippen LogP contribution >= 0.6 is 0 Å². The second-order valence-electron chi connectivity index (χ2n) is 13.6. The summed E-state index contributed by atoms with van der Waals surface area (Å²) in [6, 6.07) is -1.14. The van der Waals surface area contributed by atoms with Crippen molar-refractivity contribution in [2.24, 2.45) is 0 Å². The highest BCUT2D eigenvalue weighted by molar-refractivity contribution is 7.80. The smallest absolute Gasteiger partial charge is 0.394 e. The highest BCUT2D eigenvalue weighted by Crippen LogP contribution is 2.26. The van der Waals surface area contributed by atoms with Gasteiger partial charge < -0.3 is 40.3 Å². The van der Waals surface area contributed by atoms with Crippen LogP contribution in [0.3, 0.4) is 0 Å². The van der Waals surface area contributed by atoms with E-state index in [4.69, 9.17) is 14.0 Å². The second kappa shape index (κ2) is 29.6. The number of aliphatic hydroxyl groups is 5. The number of hydrogen-bond donors (Lipinski definition) is 7. The Morgan fingerprint density at radius 3 is 1.85 bits per heavy atom. The van der Waals surface area contributed by atoms with Crippen LogP contribution in [0.25, 0.3) is 0 Å². The van der Waals surface area contributed by atoms with E-state index in [1.165, 1.54) is 57.4 Å². The van der Waals surface area contributed by atoms with Gasteiger partial charge in [0.05, 0.1) is 25.4 Å². The maximum atomic E-state index is 12.9. The fraction of sp³-hybridized carbons (Fsp3) is 0.816. The summed E-state index contributed by atoms with van der Waals surface area (Å²) < 4.78 is 47.2. The number of unbranched alkanes of at least 4 members (excludes halogenated alkanes) is 14. The number of ether oxygens (including phenoxy) is 2. The maximum absolute atomic E-state index is 12.9. The molecule has 1 amide bonds. The van der Waals surface area contributed by atoms with Crippen LogP contribution in [0.4, 0.5) is 0 Å². The number of amides is 1. The Kier molecular flexibility index (Phi) is 27.5. The Morgan fingerprint density at radius 1 is 0.769 bits per heavy atom. The average Bonchev–Trinajstić information content (AvgIpc) is 3.11. The summed E-state index contributed by atoms with van der Waals surface area (Å²) in [4.78, 5) is 12.9. The lowest BCUT2D eigenvalue weighted by atomic mass is 9.99. The molecule has 8 atom stereocenters. The van der Waals surface area contributed by atoms with Crippen LogP contribution in [-0.2, 0) is 28.9 Å². The molecule has 1 saturated heterocycles. The summed E-state index contributed by atoms with van der Waals surface area (Å²) in [6.07, 6.45) is 19.8. The normalized spacial score (nSPS) is 23.1. The molecule has 14 heteroatoms. The van der Waals surface area contributed by atoms with Gasteiger partial charge in [0.15, 0.2) is 6.29 Å². The molecule has 1 heterocycles. The van der Waals surface area contributed by atoms with Gasteiger partial charge in [-0.3, -0.25) is 9.35 Å². The standard InChI is InChI=1S/C38H69NO12S/c1-3-5-7-9-11-13-14-15-16-17-18-19-21-22-24-26-31(41)30(39-37(45)32(42)27-25-23-20-12-10-8-6-4-2)29-49-38-35(44)36(51-52(46,47)48)34(43)33(28-40)50-38/h14-15,18-19,24,26,30-36,38,40-44H,3-13,16-17,20-23,25,27-29H2,1-2H3,(H,39,45)(H,46,47,48)/b15-14+,19-18+,26-24+. The third-order valence-electron chi connectivity index (χ3n) is 9.01. The van der Waals surface area contributed by atoms with E-state index in [2.05, 4.69) is 47.7 Å². The van der Waals surface area contributed by atoms with Gasteiger partial charge in [-0.25, -0.2) is 4.18 Å². The molecule has 8 unspecified atom stereocenters. The summed E-state index contributed by atoms with van der Waals surface area (Å²) in [5, 5.41) is 54.7. The number of hydrogen-bond acceptors (Lipinski definition) is 11. The molecule has 0 saturated carbocycles. The molecule has 304 valence electrons. The first-order valence-corrected chi connectivity index (χ1v) is 20.8. The fourth-order valence-corrected chi connectivity index (χ4v) is 6.35. The van der Waals surface area contributed by atoms with E-state index < -0.39 is 78.5 Å². The number of rotatable bonds is 31.